The van der Waals surface area contributed by atoms with Gasteiger partial charge in [-0.2, -0.15) is 0 Å². The Kier molecular flexibility index (Phi) is 9.52. The van der Waals surface area contributed by atoms with Crippen molar-refractivity contribution in [3.8, 4) is 17.2 Å². The van der Waals surface area contributed by atoms with Gasteiger partial charge in [-0.1, -0.05) is 30.3 Å². The molecule has 2 heterocycles. The minimum absolute atomic E-state index is 0.215. The van der Waals surface area contributed by atoms with E-state index in [4.69, 9.17) is 26.0 Å². The van der Waals surface area contributed by atoms with Gasteiger partial charge in [-0.25, -0.2) is 8.42 Å². The van der Waals surface area contributed by atoms with Gasteiger partial charge in [0.1, 0.15) is 23.4 Å². The maximum Gasteiger partial charge on any atom is 0.256 e. The number of sulfonamides is 1. The summed E-state index contributed by atoms with van der Waals surface area (Å²) < 4.78 is 43.6. The smallest absolute Gasteiger partial charge is 0.256 e. The lowest BCUT2D eigenvalue weighted by atomic mass is 9.94. The standard InChI is InChI=1S/C31H35ClN2O6S/c1-38-25-11-9-23(10-12-25)29-22-40-30-21-26(13-14-28(30)31(29)35)39-20-6-5-17-33-18-15-24(16-19-33)34(32)41(36,37)27-7-3-2-4-8-27/h2-4,7-14,21-22,24,31,35H,5-6,15-20H2,1H3. The van der Waals surface area contributed by atoms with Crippen molar-refractivity contribution in [3.63, 3.8) is 0 Å². The van der Waals surface area contributed by atoms with Gasteiger partial charge in [-0.15, -0.1) is 3.82 Å². The Hall–Kier alpha value is -3.08. The Bertz CT molecular complexity index is 1440. The van der Waals surface area contributed by atoms with Gasteiger partial charge in [0.15, 0.2) is 0 Å². The SMILES string of the molecule is COc1ccc(C2=COc3cc(OCCCCN4CCC(N(Cl)S(=O)(=O)c5ccccc5)CC4)ccc3C2O)cc1. The number of rotatable bonds is 11. The van der Waals surface area contributed by atoms with Gasteiger partial charge in [-0.3, -0.25) is 0 Å². The van der Waals surface area contributed by atoms with Crippen LogP contribution < -0.4 is 14.2 Å². The molecule has 0 radical (unpaired) electrons. The Morgan fingerprint density at radius 1 is 1.00 bits per heavy atom. The number of hydrogen-bond acceptors (Lipinski definition) is 7. The number of halogens is 1. The van der Waals surface area contributed by atoms with E-state index in [9.17, 15) is 13.5 Å². The predicted octanol–water partition coefficient (Wildman–Crippen LogP) is 5.63. The average molecular weight is 599 g/mol. The second-order valence-electron chi connectivity index (χ2n) is 10.2. The molecule has 0 aliphatic carbocycles. The first-order valence-corrected chi connectivity index (χ1v) is 15.6. The third kappa shape index (κ3) is 6.88. The van der Waals surface area contributed by atoms with Crippen LogP contribution in [0.25, 0.3) is 5.57 Å². The number of likely N-dealkylation sites (tertiary alicyclic amines) is 1. The van der Waals surface area contributed by atoms with Gasteiger partial charge in [-0.05, 0) is 99.1 Å². The van der Waals surface area contributed by atoms with Crippen molar-refractivity contribution in [1.82, 2.24) is 8.72 Å². The predicted molar refractivity (Wildman–Crippen MR) is 159 cm³/mol. The highest BCUT2D eigenvalue weighted by Crippen LogP contribution is 2.41. The summed E-state index contributed by atoms with van der Waals surface area (Å²) in [4.78, 5) is 2.56. The van der Waals surface area contributed by atoms with E-state index < -0.39 is 16.1 Å². The molecule has 3 aromatic rings. The minimum atomic E-state index is -3.70. The maximum absolute atomic E-state index is 12.8. The van der Waals surface area contributed by atoms with Crippen LogP contribution in [0.1, 0.15) is 42.9 Å². The maximum atomic E-state index is 12.8. The molecule has 0 bridgehead atoms. The van der Waals surface area contributed by atoms with Crippen LogP contribution in [-0.4, -0.2) is 61.6 Å². The molecule has 3 aromatic carbocycles. The Morgan fingerprint density at radius 3 is 2.41 bits per heavy atom. The Balaban J connectivity index is 1.04. The quantitative estimate of drug-likeness (QED) is 0.226. The first-order chi connectivity index (χ1) is 19.9. The summed E-state index contributed by atoms with van der Waals surface area (Å²) >= 11 is 6.32. The first-order valence-electron chi connectivity index (χ1n) is 13.8. The molecule has 0 aromatic heterocycles. The van der Waals surface area contributed by atoms with Crippen LogP contribution in [0.2, 0.25) is 0 Å². The number of aliphatic hydroxyl groups is 1. The lowest BCUT2D eigenvalue weighted by Gasteiger charge is -2.34. The second-order valence-corrected chi connectivity index (χ2v) is 12.6. The van der Waals surface area contributed by atoms with E-state index in [1.807, 2.05) is 42.5 Å². The molecule has 41 heavy (non-hydrogen) atoms. The topological polar surface area (TPSA) is 88.5 Å². The highest BCUT2D eigenvalue weighted by Gasteiger charge is 2.32. The molecule has 0 spiro atoms. The van der Waals surface area contributed by atoms with Gasteiger partial charge in [0.2, 0.25) is 0 Å². The third-order valence-corrected chi connectivity index (χ3v) is 10.0. The van der Waals surface area contributed by atoms with E-state index in [0.717, 1.165) is 47.6 Å². The summed E-state index contributed by atoms with van der Waals surface area (Å²) in [6.45, 7) is 3.09. The van der Waals surface area contributed by atoms with Crippen molar-refractivity contribution in [2.75, 3.05) is 33.4 Å². The van der Waals surface area contributed by atoms with E-state index in [2.05, 4.69) is 4.90 Å². The second kappa shape index (κ2) is 13.3. The number of hydrogen-bond donors (Lipinski definition) is 1. The first kappa shape index (κ1) is 29.4. The zero-order chi connectivity index (χ0) is 28.8. The minimum Gasteiger partial charge on any atom is -0.497 e. The molecular formula is C31H35ClN2O6S. The molecule has 1 atom stereocenters. The highest BCUT2D eigenvalue weighted by atomic mass is 35.5. The van der Waals surface area contributed by atoms with E-state index in [0.29, 0.717) is 42.1 Å². The molecule has 1 unspecified atom stereocenters. The van der Waals surface area contributed by atoms with E-state index in [-0.39, 0.29) is 10.9 Å². The van der Waals surface area contributed by atoms with Crippen molar-refractivity contribution in [1.29, 1.82) is 0 Å². The lowest BCUT2D eigenvalue weighted by molar-refractivity contribution is 0.180. The molecule has 0 amide bonds. The molecule has 8 nitrogen and oxygen atoms in total. The molecule has 1 fully saturated rings. The van der Waals surface area contributed by atoms with Crippen molar-refractivity contribution in [2.24, 2.45) is 0 Å². The summed E-state index contributed by atoms with van der Waals surface area (Å²) in [6.07, 6.45) is 4.03. The molecule has 1 N–H and O–H groups in total. The van der Waals surface area contributed by atoms with Gasteiger partial charge in [0.25, 0.3) is 10.0 Å². The summed E-state index contributed by atoms with van der Waals surface area (Å²) in [6, 6.07) is 21.1. The highest BCUT2D eigenvalue weighted by molar-refractivity contribution is 7.90. The summed E-state index contributed by atoms with van der Waals surface area (Å²) in [5.74, 6) is 2.03. The Labute approximate surface area is 246 Å². The molecule has 2 aliphatic rings. The van der Waals surface area contributed by atoms with Crippen molar-refractivity contribution >= 4 is 27.4 Å². The molecule has 10 heteroatoms. The van der Waals surface area contributed by atoms with Gasteiger partial charge >= 0.3 is 0 Å². The summed E-state index contributed by atoms with van der Waals surface area (Å²) in [5.41, 5.74) is 2.25. The van der Waals surface area contributed by atoms with Crippen LogP contribution in [-0.2, 0) is 10.0 Å². The van der Waals surface area contributed by atoms with Crippen LogP contribution in [0.5, 0.6) is 17.2 Å². The lowest BCUT2D eigenvalue weighted by Crippen LogP contribution is -2.43. The van der Waals surface area contributed by atoms with Crippen LogP contribution in [0.4, 0.5) is 0 Å². The third-order valence-electron chi connectivity index (χ3n) is 7.56. The number of unbranched alkanes of at least 4 members (excludes halogenated alkanes) is 1. The van der Waals surface area contributed by atoms with Gasteiger partial charge in [0.05, 0.1) is 24.9 Å². The van der Waals surface area contributed by atoms with Crippen molar-refractivity contribution in [2.45, 2.75) is 42.7 Å². The monoisotopic (exact) mass is 598 g/mol. The van der Waals surface area contributed by atoms with Gasteiger partial charge in [0, 0.05) is 23.2 Å². The van der Waals surface area contributed by atoms with Crippen LogP contribution in [0, 0.1) is 0 Å². The number of nitrogens with zero attached hydrogens (tertiary/aromatic N) is 2. The van der Waals surface area contributed by atoms with Crippen molar-refractivity contribution in [3.05, 3.63) is 90.2 Å². The number of benzene rings is 3. The zero-order valence-corrected chi connectivity index (χ0v) is 24.6. The number of piperidine rings is 1. The van der Waals surface area contributed by atoms with Crippen LogP contribution in [0.3, 0.4) is 0 Å². The van der Waals surface area contributed by atoms with E-state index in [1.165, 1.54) is 0 Å². The number of aliphatic hydroxyl groups excluding tert-OH is 1. The number of ether oxygens (including phenoxy) is 3. The summed E-state index contributed by atoms with van der Waals surface area (Å²) in [7, 11) is -2.08. The fraction of sp³-hybridized carbons (Fsp3) is 0.355. The van der Waals surface area contributed by atoms with Crippen LogP contribution in [0.15, 0.2) is 84.0 Å². The van der Waals surface area contributed by atoms with Gasteiger partial charge < -0.3 is 24.2 Å². The Morgan fingerprint density at radius 2 is 1.71 bits per heavy atom. The molecule has 5 rings (SSSR count). The van der Waals surface area contributed by atoms with E-state index in [1.54, 1.807) is 43.7 Å². The molecule has 2 aliphatic heterocycles. The molecule has 0 saturated carbocycles. The fourth-order valence-electron chi connectivity index (χ4n) is 5.16. The van der Waals surface area contributed by atoms with E-state index >= 15 is 0 Å². The molecule has 1 saturated heterocycles. The molecule has 218 valence electrons. The average Bonchev–Trinajstić information content (AvgIpc) is 3.01. The zero-order valence-electron chi connectivity index (χ0n) is 23.0. The number of fused-ring (bicyclic) bond motifs is 1. The van der Waals surface area contributed by atoms with Crippen molar-refractivity contribution < 1.29 is 27.7 Å². The summed E-state index contributed by atoms with van der Waals surface area (Å²) in [5, 5.41) is 10.9. The fourth-order valence-corrected chi connectivity index (χ4v) is 6.90. The van der Waals surface area contributed by atoms with Crippen LogP contribution >= 0.6 is 11.8 Å². The number of methoxy groups -OCH3 is 1. The largest absolute Gasteiger partial charge is 0.497 e. The molecular weight excluding hydrogens is 564 g/mol. The normalized spacial score (nSPS) is 18.0.